The number of carbonyl (C=O) groups is 4. The predicted octanol–water partition coefficient (Wildman–Crippen LogP) is 15.0. The topological polar surface area (TPSA) is 196 Å². The number of carboxylic acid groups (broad SMARTS) is 1. The molecule has 103 heavy (non-hydrogen) atoms. The molecule has 2 aliphatic heterocycles. The number of carboxylic acids is 1. The van der Waals surface area contributed by atoms with Gasteiger partial charge in [-0.05, 0) is 184 Å². The first-order valence-electron chi connectivity index (χ1n) is 34.0. The quantitative estimate of drug-likeness (QED) is 0.0327. The van der Waals surface area contributed by atoms with Gasteiger partial charge in [0.25, 0.3) is 11.1 Å². The van der Waals surface area contributed by atoms with Gasteiger partial charge in [0, 0.05) is 92.8 Å². The van der Waals surface area contributed by atoms with E-state index >= 15 is 4.39 Å². The molecule has 4 N–H and O–H groups in total. The zero-order valence-corrected chi connectivity index (χ0v) is 62.4. The molecule has 568 valence electrons. The van der Waals surface area contributed by atoms with Gasteiger partial charge < -0.3 is 44.6 Å². The monoisotopic (exact) mass is 1490 g/mol. The molecule has 4 aromatic carbocycles. The molecule has 0 saturated carbocycles. The summed E-state index contributed by atoms with van der Waals surface area (Å²) >= 11 is 0. The van der Waals surface area contributed by atoms with Crippen LogP contribution in [0, 0.1) is 76.8 Å². The van der Waals surface area contributed by atoms with Gasteiger partial charge >= 0.3 is 30.3 Å². The minimum absolute atomic E-state index is 0. The van der Waals surface area contributed by atoms with E-state index in [0.717, 1.165) is 60.5 Å². The molecule has 2 unspecified atom stereocenters. The minimum Gasteiger partial charge on any atom is -0.480 e. The molecular weight excluding hydrogens is 1390 g/mol. The number of benzene rings is 4. The number of rotatable bonds is 27. The number of aliphatic carboxylic acids is 1. The van der Waals surface area contributed by atoms with Crippen LogP contribution in [0.15, 0.2) is 94.8 Å². The van der Waals surface area contributed by atoms with Gasteiger partial charge in [0.2, 0.25) is 5.91 Å². The van der Waals surface area contributed by atoms with Gasteiger partial charge in [0.15, 0.2) is 0 Å². The van der Waals surface area contributed by atoms with Crippen LogP contribution < -0.4 is 22.2 Å². The van der Waals surface area contributed by atoms with Crippen LogP contribution in [-0.2, 0) is 53.8 Å². The summed E-state index contributed by atoms with van der Waals surface area (Å²) in [6, 6.07) is 15.2. The molecule has 2 aromatic heterocycles. The SMILES string of the molecule is CC(C)CC(C(=O)O)n1cc(CCN2CC(CF)C2)c(C(F)(F)F)cc1=O.CCOC(=O)C[C@H](N)c1cc(-c2c(C)cccc2C)cc(C)c1F.CCOC(=O)C[C@H](NC(=O)C(CC(C)C)n1cc(CCN2CC(CF)C2)c(C(F)(F)F)cc1=O)c1cc(-c2c(C)cccc2C)cc(C)c1F.S.S. The fraction of sp³-hybridized carbons (Fsp3) is 0.500. The van der Waals surface area contributed by atoms with Crippen molar-refractivity contribution in [3.63, 3.8) is 0 Å². The summed E-state index contributed by atoms with van der Waals surface area (Å²) in [6.07, 6.45) is -7.77. The third kappa shape index (κ3) is 23.8. The predicted molar refractivity (Wildman–Crippen MR) is 388 cm³/mol. The molecule has 15 nitrogen and oxygen atoms in total. The number of nitrogens with one attached hydrogen (secondary N) is 1. The van der Waals surface area contributed by atoms with Crippen molar-refractivity contribution in [3.05, 3.63) is 184 Å². The number of carbonyl (C=O) groups excluding carboxylic acids is 3. The number of alkyl halides is 8. The Hall–Kier alpha value is -7.46. The molecule has 0 radical (unpaired) electrons. The van der Waals surface area contributed by atoms with E-state index in [0.29, 0.717) is 61.5 Å². The molecular formula is C76H98F10N6O9S2. The maximum atomic E-state index is 16.0. The number of amides is 1. The van der Waals surface area contributed by atoms with Gasteiger partial charge in [0.1, 0.15) is 23.7 Å². The Morgan fingerprint density at radius 2 is 0.942 bits per heavy atom. The third-order valence-electron chi connectivity index (χ3n) is 18.0. The van der Waals surface area contributed by atoms with Crippen LogP contribution in [-0.4, -0.2) is 114 Å². The molecule has 2 saturated heterocycles. The number of nitrogens with zero attached hydrogens (tertiary/aromatic N) is 4. The Balaban J connectivity index is 0.000000357. The standard InChI is InChI=1S/C38H46F5N3O4.C20H24FNO2.C18H24F4N2O3.2H2S/c1-7-50-34(48)17-31(29-15-28(14-25(6)36(29)40)35-23(4)9-8-10-24(35)5)44-37(49)32(13-22(2)3)46-21-27(11-12-45-19-26(18-39)20-45)30(16-33(46)47)38(41,42)43;1-5-24-18(23)11-17(22)16-10-15(9-14(4)20(16)21)19-12(2)7-6-8-13(19)3;1-11(2)5-15(17(26)27)24-10-13(3-4-23-8-12(7-19)9-23)14(6-16(24)25)18(20,21)22;;/h8-10,14-16,21-22,26,31-32H,7,11-13,17-20H2,1-6H3,(H,44,49);6-10,17H,5,11,22H2,1-4H3;6,10-12,15H,3-5,7-9H2,1-2H3,(H,26,27);2*1H2/t31-,32?;17-;;;/m00.../s1. The summed E-state index contributed by atoms with van der Waals surface area (Å²) in [7, 11) is 0. The molecule has 0 spiro atoms. The molecule has 2 fully saturated rings. The molecule has 4 heterocycles. The van der Waals surface area contributed by atoms with Crippen molar-refractivity contribution in [2.75, 3.05) is 65.8 Å². The van der Waals surface area contributed by atoms with E-state index in [4.69, 9.17) is 15.2 Å². The number of esters is 2. The van der Waals surface area contributed by atoms with Crippen LogP contribution >= 0.6 is 27.0 Å². The Kier molecular flexibility index (Phi) is 33.3. The van der Waals surface area contributed by atoms with Gasteiger partial charge in [-0.25, -0.2) is 13.6 Å². The van der Waals surface area contributed by atoms with E-state index < -0.39 is 108 Å². The van der Waals surface area contributed by atoms with E-state index in [-0.39, 0.29) is 131 Å². The number of aryl methyl sites for hydroxylation is 6. The van der Waals surface area contributed by atoms with Crippen LogP contribution in [0.2, 0.25) is 0 Å². The number of pyridine rings is 2. The molecule has 6 aromatic rings. The highest BCUT2D eigenvalue weighted by atomic mass is 32.1. The highest BCUT2D eigenvalue weighted by Crippen LogP contribution is 2.38. The van der Waals surface area contributed by atoms with E-state index in [2.05, 4.69) is 5.32 Å². The molecule has 8 rings (SSSR count). The Labute approximate surface area is 609 Å². The van der Waals surface area contributed by atoms with Gasteiger partial charge in [0.05, 0.1) is 56.6 Å². The number of aromatic nitrogens is 2. The first kappa shape index (κ1) is 87.9. The van der Waals surface area contributed by atoms with E-state index in [9.17, 15) is 73.4 Å². The van der Waals surface area contributed by atoms with Gasteiger partial charge in [-0.1, -0.05) is 64.1 Å². The molecule has 27 heteroatoms. The smallest absolute Gasteiger partial charge is 0.416 e. The van der Waals surface area contributed by atoms with Crippen LogP contribution in [0.1, 0.15) is 158 Å². The lowest BCUT2D eigenvalue weighted by atomic mass is 9.90. The highest BCUT2D eigenvalue weighted by Gasteiger charge is 2.39. The van der Waals surface area contributed by atoms with Gasteiger partial charge in [-0.3, -0.25) is 32.8 Å². The third-order valence-corrected chi connectivity index (χ3v) is 18.0. The Morgan fingerprint density at radius 1 is 0.573 bits per heavy atom. The fourth-order valence-corrected chi connectivity index (χ4v) is 13.0. The Bertz CT molecular complexity index is 3960. The molecule has 0 aliphatic carbocycles. The number of hydrogen-bond donors (Lipinski definition) is 3. The van der Waals surface area contributed by atoms with E-state index in [1.165, 1.54) is 0 Å². The highest BCUT2D eigenvalue weighted by molar-refractivity contribution is 7.59. The van der Waals surface area contributed by atoms with Crippen molar-refractivity contribution in [3.8, 4) is 22.3 Å². The van der Waals surface area contributed by atoms with Gasteiger partial charge in [-0.2, -0.15) is 53.3 Å². The van der Waals surface area contributed by atoms with Crippen molar-refractivity contribution in [1.82, 2.24) is 24.3 Å². The van der Waals surface area contributed by atoms with E-state index in [1.54, 1.807) is 73.6 Å². The second kappa shape index (κ2) is 39.1. The second-order valence-corrected chi connectivity index (χ2v) is 27.2. The minimum atomic E-state index is -4.82. The molecule has 2 aliphatic rings. The lowest BCUT2D eigenvalue weighted by Gasteiger charge is -2.38. The number of halogens is 10. The lowest BCUT2D eigenvalue weighted by molar-refractivity contribution is -0.144. The maximum Gasteiger partial charge on any atom is 0.416 e. The van der Waals surface area contributed by atoms with Crippen molar-refractivity contribution >= 4 is 50.8 Å². The Morgan fingerprint density at radius 3 is 1.31 bits per heavy atom. The summed E-state index contributed by atoms with van der Waals surface area (Å²) in [6.45, 7) is 23.4. The van der Waals surface area contributed by atoms with Crippen molar-refractivity contribution in [2.45, 2.75) is 158 Å². The second-order valence-electron chi connectivity index (χ2n) is 27.2. The molecule has 1 amide bonds. The summed E-state index contributed by atoms with van der Waals surface area (Å²) in [5.74, 6) is -4.59. The number of hydrogen-bond acceptors (Lipinski definition) is 11. The molecule has 4 atom stereocenters. The van der Waals surface area contributed by atoms with Crippen LogP contribution in [0.4, 0.5) is 43.9 Å². The number of nitrogens with two attached hydrogens (primary N) is 1. The van der Waals surface area contributed by atoms with E-state index in [1.807, 2.05) is 80.0 Å². The fourth-order valence-electron chi connectivity index (χ4n) is 13.0. The first-order chi connectivity index (χ1) is 47.4. The average molecular weight is 1490 g/mol. The van der Waals surface area contributed by atoms with Crippen LogP contribution in [0.5, 0.6) is 0 Å². The van der Waals surface area contributed by atoms with Crippen molar-refractivity contribution < 1.29 is 77.7 Å². The largest absolute Gasteiger partial charge is 0.480 e. The van der Waals surface area contributed by atoms with Gasteiger partial charge in [-0.15, -0.1) is 0 Å². The number of likely N-dealkylation sites (tertiary alicyclic amines) is 2. The summed E-state index contributed by atoms with van der Waals surface area (Å²) in [5.41, 5.74) is 10.5. The maximum absolute atomic E-state index is 16.0. The van der Waals surface area contributed by atoms with Crippen LogP contribution in [0.3, 0.4) is 0 Å². The van der Waals surface area contributed by atoms with Crippen molar-refractivity contribution in [2.24, 2.45) is 29.4 Å². The summed E-state index contributed by atoms with van der Waals surface area (Å²) < 4.78 is 150. The number of ether oxygens (including phenoxy) is 2. The van der Waals surface area contributed by atoms with Crippen LogP contribution in [0.25, 0.3) is 22.3 Å². The molecule has 0 bridgehead atoms. The lowest BCUT2D eigenvalue weighted by Crippen LogP contribution is -2.48. The summed E-state index contributed by atoms with van der Waals surface area (Å²) in [5, 5.41) is 12.2. The average Bonchev–Trinajstić information content (AvgIpc) is 0.797. The normalized spacial score (nSPS) is 14.7. The summed E-state index contributed by atoms with van der Waals surface area (Å²) in [4.78, 5) is 79.4. The van der Waals surface area contributed by atoms with Crippen molar-refractivity contribution in [1.29, 1.82) is 0 Å². The zero-order valence-electron chi connectivity index (χ0n) is 60.4. The zero-order chi connectivity index (χ0) is 75.1. The first-order valence-corrected chi connectivity index (χ1v) is 34.0.